The van der Waals surface area contributed by atoms with Gasteiger partial charge >= 0.3 is 0 Å². The molecule has 3 aromatic heterocycles. The molecule has 6 rings (SSSR count). The Morgan fingerprint density at radius 3 is 2.48 bits per heavy atom. The molecule has 2 fully saturated rings. The summed E-state index contributed by atoms with van der Waals surface area (Å²) in [6.45, 7) is 4.31. The second kappa shape index (κ2) is 9.87. The van der Waals surface area contributed by atoms with Crippen molar-refractivity contribution in [1.82, 2.24) is 29.9 Å². The molecule has 0 spiro atoms. The predicted octanol–water partition coefficient (Wildman–Crippen LogP) is 4.69. The van der Waals surface area contributed by atoms with Crippen LogP contribution in [0.5, 0.6) is 0 Å². The number of hydrogen-bond acceptors (Lipinski definition) is 6. The molecule has 1 aromatic carbocycles. The van der Waals surface area contributed by atoms with Gasteiger partial charge in [0.1, 0.15) is 11.2 Å². The molecule has 33 heavy (non-hydrogen) atoms. The lowest BCUT2D eigenvalue weighted by molar-refractivity contribution is 0.202. The van der Waals surface area contributed by atoms with E-state index in [0.717, 1.165) is 59.7 Å². The number of fused-ring (bicyclic) bond motifs is 2. The summed E-state index contributed by atoms with van der Waals surface area (Å²) in [7, 11) is 0. The van der Waals surface area contributed by atoms with Crippen LogP contribution in [-0.2, 0) is 0 Å². The van der Waals surface area contributed by atoms with Gasteiger partial charge in [-0.25, -0.2) is 15.0 Å². The number of benzene rings is 1. The molecule has 1 aliphatic carbocycles. The minimum atomic E-state index is 0.253. The van der Waals surface area contributed by atoms with E-state index in [1.807, 2.05) is 18.2 Å². The number of piperidine rings is 1. The van der Waals surface area contributed by atoms with Gasteiger partial charge in [-0.15, -0.1) is 0 Å². The van der Waals surface area contributed by atoms with Crippen LogP contribution in [0.4, 0.5) is 5.95 Å². The summed E-state index contributed by atoms with van der Waals surface area (Å²) in [6, 6.07) is 6.05. The highest BCUT2D eigenvalue weighted by atomic mass is 16.3. The number of imidazole rings is 2. The van der Waals surface area contributed by atoms with Crippen LogP contribution in [-0.4, -0.2) is 54.7 Å². The second-order valence-corrected chi connectivity index (χ2v) is 9.46. The zero-order chi connectivity index (χ0) is 22.6. The molecule has 0 radical (unpaired) electrons. The number of nitrogens with zero attached hydrogens (tertiary/aromatic N) is 5. The molecule has 174 valence electrons. The summed E-state index contributed by atoms with van der Waals surface area (Å²) in [6.07, 6.45) is 12.7. The highest BCUT2D eigenvalue weighted by Crippen LogP contribution is 2.29. The van der Waals surface area contributed by atoms with Crippen LogP contribution in [0.3, 0.4) is 0 Å². The van der Waals surface area contributed by atoms with Crippen molar-refractivity contribution in [2.75, 3.05) is 24.6 Å². The Kier molecular flexibility index (Phi) is 6.53. The number of rotatable bonds is 3. The summed E-state index contributed by atoms with van der Waals surface area (Å²) in [5, 5.41) is 9.35. The summed E-state index contributed by atoms with van der Waals surface area (Å²) in [5.74, 6) is 2.11. The average molecular weight is 448 g/mol. The van der Waals surface area contributed by atoms with Gasteiger partial charge in [0.15, 0.2) is 5.65 Å². The van der Waals surface area contributed by atoms with Gasteiger partial charge in [-0.2, -0.15) is 4.98 Å². The molecule has 0 atom stereocenters. The van der Waals surface area contributed by atoms with Crippen molar-refractivity contribution < 1.29 is 5.11 Å². The van der Waals surface area contributed by atoms with E-state index in [1.165, 1.54) is 32.1 Å². The molecule has 3 N–H and O–H groups in total. The lowest BCUT2D eigenvalue weighted by Crippen LogP contribution is -2.35. The van der Waals surface area contributed by atoms with Crippen molar-refractivity contribution in [3.05, 3.63) is 30.9 Å². The van der Waals surface area contributed by atoms with E-state index in [4.69, 9.17) is 4.98 Å². The number of aromatic amines is 2. The van der Waals surface area contributed by atoms with E-state index >= 15 is 0 Å². The van der Waals surface area contributed by atoms with E-state index < -0.39 is 0 Å². The van der Waals surface area contributed by atoms with Gasteiger partial charge in [-0.1, -0.05) is 45.1 Å². The maximum absolute atomic E-state index is 9.35. The fraction of sp³-hybridized carbons (Fsp3) is 0.520. The van der Waals surface area contributed by atoms with E-state index in [1.54, 1.807) is 12.7 Å². The quantitative estimate of drug-likeness (QED) is 0.421. The maximum atomic E-state index is 9.35. The molecule has 8 nitrogen and oxygen atoms in total. The number of aliphatic hydroxyl groups is 1. The minimum Gasteiger partial charge on any atom is -0.396 e. The highest BCUT2D eigenvalue weighted by Gasteiger charge is 2.22. The van der Waals surface area contributed by atoms with E-state index in [0.29, 0.717) is 17.5 Å². The number of hydrogen-bond donors (Lipinski definition) is 3. The molecule has 1 saturated carbocycles. The van der Waals surface area contributed by atoms with Crippen LogP contribution < -0.4 is 4.90 Å². The van der Waals surface area contributed by atoms with Gasteiger partial charge in [0.25, 0.3) is 0 Å². The van der Waals surface area contributed by atoms with Gasteiger partial charge in [0.2, 0.25) is 5.95 Å². The van der Waals surface area contributed by atoms with Crippen LogP contribution in [0.15, 0.2) is 30.9 Å². The molecule has 4 heterocycles. The van der Waals surface area contributed by atoms with Crippen LogP contribution in [0, 0.1) is 11.8 Å². The molecule has 0 amide bonds. The molecule has 1 saturated heterocycles. The maximum Gasteiger partial charge on any atom is 0.228 e. The third-order valence-corrected chi connectivity index (χ3v) is 7.02. The molecule has 4 aromatic rings. The standard InChI is InChI=1S/C18H19N7O.C7H14/c26-8-11-3-5-25(6-4-11)18-23-15(16-17(24-18)22-10-21-16)12-1-2-13-14(7-12)20-9-19-13;1-7-5-3-2-4-6-7/h1-2,7,9-11,26H,3-6,8H2,(H,19,20)(H,21,22,23,24);7H,2-6H2,1H3. The Bertz CT molecular complexity index is 1190. The molecular formula is C25H33N7O. The van der Waals surface area contributed by atoms with Crippen molar-refractivity contribution in [1.29, 1.82) is 0 Å². The van der Waals surface area contributed by atoms with Gasteiger partial charge < -0.3 is 20.0 Å². The number of nitrogens with one attached hydrogen (secondary N) is 2. The Morgan fingerprint density at radius 2 is 1.76 bits per heavy atom. The first kappa shape index (κ1) is 21.8. The lowest BCUT2D eigenvalue weighted by atomic mass is 9.91. The van der Waals surface area contributed by atoms with Crippen LogP contribution in [0.1, 0.15) is 51.9 Å². The van der Waals surface area contributed by atoms with Crippen LogP contribution in [0.2, 0.25) is 0 Å². The zero-order valence-corrected chi connectivity index (χ0v) is 19.3. The molecule has 2 aliphatic rings. The van der Waals surface area contributed by atoms with Gasteiger partial charge in [-0.3, -0.25) is 0 Å². The third-order valence-electron chi connectivity index (χ3n) is 7.02. The normalized spacial score (nSPS) is 17.9. The first-order valence-electron chi connectivity index (χ1n) is 12.2. The van der Waals surface area contributed by atoms with E-state index in [-0.39, 0.29) is 6.61 Å². The summed E-state index contributed by atoms with van der Waals surface area (Å²) < 4.78 is 0. The van der Waals surface area contributed by atoms with Crippen molar-refractivity contribution in [3.8, 4) is 11.3 Å². The van der Waals surface area contributed by atoms with Gasteiger partial charge in [0.05, 0.1) is 23.7 Å². The monoisotopic (exact) mass is 447 g/mol. The smallest absolute Gasteiger partial charge is 0.228 e. The largest absolute Gasteiger partial charge is 0.396 e. The number of H-pyrrole nitrogens is 2. The first-order valence-corrected chi connectivity index (χ1v) is 12.2. The summed E-state index contributed by atoms with van der Waals surface area (Å²) in [4.78, 5) is 26.6. The Balaban J connectivity index is 0.000000281. The van der Waals surface area contributed by atoms with Gasteiger partial charge in [0, 0.05) is 25.3 Å². The molecule has 0 unspecified atom stereocenters. The van der Waals surface area contributed by atoms with Crippen LogP contribution >= 0.6 is 0 Å². The topological polar surface area (TPSA) is 107 Å². The summed E-state index contributed by atoms with van der Waals surface area (Å²) >= 11 is 0. The van der Waals surface area contributed by atoms with Crippen molar-refractivity contribution in [3.63, 3.8) is 0 Å². The van der Waals surface area contributed by atoms with Gasteiger partial charge in [-0.05, 0) is 36.8 Å². The average Bonchev–Trinajstić information content (AvgIpc) is 3.53. The zero-order valence-electron chi connectivity index (χ0n) is 19.3. The Morgan fingerprint density at radius 1 is 0.970 bits per heavy atom. The van der Waals surface area contributed by atoms with E-state index in [9.17, 15) is 5.11 Å². The predicted molar refractivity (Wildman–Crippen MR) is 131 cm³/mol. The third kappa shape index (κ3) is 4.85. The molecule has 0 bridgehead atoms. The fourth-order valence-electron chi connectivity index (χ4n) is 4.88. The number of aliphatic hydroxyl groups excluding tert-OH is 1. The number of anilines is 1. The number of aromatic nitrogens is 6. The highest BCUT2D eigenvalue weighted by molar-refractivity contribution is 5.91. The van der Waals surface area contributed by atoms with E-state index in [2.05, 4.69) is 36.7 Å². The summed E-state index contributed by atoms with van der Waals surface area (Å²) in [5.41, 5.74) is 5.22. The van der Waals surface area contributed by atoms with Crippen LogP contribution in [0.25, 0.3) is 33.5 Å². The van der Waals surface area contributed by atoms with Crippen molar-refractivity contribution in [2.45, 2.75) is 51.9 Å². The fourth-order valence-corrected chi connectivity index (χ4v) is 4.88. The second-order valence-electron chi connectivity index (χ2n) is 9.46. The Labute approximate surface area is 193 Å². The minimum absolute atomic E-state index is 0.253. The lowest BCUT2D eigenvalue weighted by Gasteiger charge is -2.31. The first-order chi connectivity index (χ1) is 16.2. The molecule has 1 aliphatic heterocycles. The van der Waals surface area contributed by atoms with Crippen molar-refractivity contribution >= 4 is 28.1 Å². The SMILES string of the molecule is CC1CCCCC1.OCC1CCN(c2nc(-c3ccc4nc[nH]c4c3)c3[nH]cnc3n2)CC1. The molecular weight excluding hydrogens is 414 g/mol. The Hall–Kier alpha value is -3.00. The molecule has 8 heteroatoms. The van der Waals surface area contributed by atoms with Crippen molar-refractivity contribution in [2.24, 2.45) is 11.8 Å².